The third-order valence-corrected chi connectivity index (χ3v) is 5.44. The Morgan fingerprint density at radius 3 is 2.33 bits per heavy atom. The van der Waals surface area contributed by atoms with Gasteiger partial charge in [-0.1, -0.05) is 38.7 Å². The molecule has 1 heteroatoms. The summed E-state index contributed by atoms with van der Waals surface area (Å²) in [6, 6.07) is 0. The van der Waals surface area contributed by atoms with Crippen molar-refractivity contribution < 1.29 is 0 Å². The van der Waals surface area contributed by atoms with E-state index in [0.29, 0.717) is 17.8 Å². The van der Waals surface area contributed by atoms with E-state index >= 15 is 0 Å². The topological polar surface area (TPSA) is 3.24 Å². The third-order valence-electron chi connectivity index (χ3n) is 5.44. The van der Waals surface area contributed by atoms with Gasteiger partial charge >= 0.3 is 0 Å². The zero-order valence-corrected chi connectivity index (χ0v) is 14.5. The van der Waals surface area contributed by atoms with E-state index in [-0.39, 0.29) is 5.54 Å². The molecule has 2 aliphatic rings. The molecule has 0 aromatic rings. The van der Waals surface area contributed by atoms with Crippen molar-refractivity contribution in [3.8, 4) is 0 Å². The highest BCUT2D eigenvalue weighted by Crippen LogP contribution is 2.54. The summed E-state index contributed by atoms with van der Waals surface area (Å²) >= 11 is 0. The van der Waals surface area contributed by atoms with E-state index in [1.807, 2.05) is 0 Å². The smallest absolute Gasteiger partial charge is 0.0643 e. The van der Waals surface area contributed by atoms with Gasteiger partial charge in [0.2, 0.25) is 0 Å². The minimum Gasteiger partial charge on any atom is -0.337 e. The van der Waals surface area contributed by atoms with E-state index in [4.69, 9.17) is 0 Å². The van der Waals surface area contributed by atoms with Gasteiger partial charge in [0, 0.05) is 23.1 Å². The van der Waals surface area contributed by atoms with Gasteiger partial charge in [-0.15, -0.1) is 5.73 Å². The zero-order valence-electron chi connectivity index (χ0n) is 14.5. The molecule has 1 saturated carbocycles. The van der Waals surface area contributed by atoms with Crippen LogP contribution in [-0.2, 0) is 0 Å². The van der Waals surface area contributed by atoms with Gasteiger partial charge in [0.05, 0.1) is 5.70 Å². The van der Waals surface area contributed by atoms with Gasteiger partial charge in [0.15, 0.2) is 0 Å². The molecule has 2 rings (SSSR count). The summed E-state index contributed by atoms with van der Waals surface area (Å²) in [5, 5.41) is 0. The first-order chi connectivity index (χ1) is 9.72. The molecule has 116 valence electrons. The van der Waals surface area contributed by atoms with Crippen LogP contribution in [0.2, 0.25) is 0 Å². The van der Waals surface area contributed by atoms with Gasteiger partial charge in [-0.2, -0.15) is 0 Å². The van der Waals surface area contributed by atoms with Gasteiger partial charge < -0.3 is 4.90 Å². The Kier molecular flexibility index (Phi) is 4.26. The Balaban J connectivity index is 2.40. The van der Waals surface area contributed by atoms with Crippen molar-refractivity contribution in [1.29, 1.82) is 0 Å². The van der Waals surface area contributed by atoms with E-state index in [9.17, 15) is 0 Å². The predicted octanol–water partition coefficient (Wildman–Crippen LogP) is 5.53. The largest absolute Gasteiger partial charge is 0.337 e. The summed E-state index contributed by atoms with van der Waals surface area (Å²) in [4.78, 5) is 2.39. The van der Waals surface area contributed by atoms with Crippen LogP contribution in [-0.4, -0.2) is 10.4 Å². The molecule has 1 heterocycles. The number of likely N-dealkylation sites (tertiary alicyclic amines) is 1. The normalized spacial score (nSPS) is 32.9. The SMILES string of the molecule is C=C=C1C2CC(C(=C)C)C(CC)CC2C(=C)N1C(C)(C)C. The maximum Gasteiger partial charge on any atom is 0.0643 e. The summed E-state index contributed by atoms with van der Waals surface area (Å²) in [6.07, 6.45) is 3.65. The number of rotatable bonds is 2. The number of nitrogens with zero attached hydrogens (tertiary/aromatic N) is 1. The first-order valence-electron chi connectivity index (χ1n) is 8.26. The molecule has 0 N–H and O–H groups in total. The van der Waals surface area contributed by atoms with Crippen molar-refractivity contribution in [2.45, 2.75) is 59.4 Å². The van der Waals surface area contributed by atoms with E-state index < -0.39 is 0 Å². The van der Waals surface area contributed by atoms with Gasteiger partial charge in [0.1, 0.15) is 0 Å². The van der Waals surface area contributed by atoms with Crippen LogP contribution < -0.4 is 0 Å². The molecule has 4 unspecified atom stereocenters. The molecule has 4 atom stereocenters. The lowest BCUT2D eigenvalue weighted by atomic mass is 9.65. The fourth-order valence-corrected chi connectivity index (χ4v) is 4.50. The summed E-state index contributed by atoms with van der Waals surface area (Å²) in [5.41, 5.74) is 7.17. The van der Waals surface area contributed by atoms with Crippen LogP contribution in [0.4, 0.5) is 0 Å². The number of hydrogen-bond donors (Lipinski definition) is 0. The lowest BCUT2D eigenvalue weighted by Gasteiger charge is -2.38. The number of fused-ring (bicyclic) bond motifs is 1. The van der Waals surface area contributed by atoms with Gasteiger partial charge in [-0.05, 0) is 52.4 Å². The van der Waals surface area contributed by atoms with Crippen LogP contribution in [0.25, 0.3) is 0 Å². The highest BCUT2D eigenvalue weighted by molar-refractivity contribution is 5.30. The van der Waals surface area contributed by atoms with Crippen LogP contribution in [0, 0.1) is 23.7 Å². The second kappa shape index (κ2) is 5.54. The number of allylic oxidation sites excluding steroid dienone is 3. The minimum absolute atomic E-state index is 0.0505. The molecule has 1 aliphatic carbocycles. The quantitative estimate of drug-likeness (QED) is 0.476. The second-order valence-corrected chi connectivity index (χ2v) is 7.87. The average molecular weight is 285 g/mol. The molecule has 2 fully saturated rings. The van der Waals surface area contributed by atoms with Crippen molar-refractivity contribution in [2.24, 2.45) is 23.7 Å². The first-order valence-corrected chi connectivity index (χ1v) is 8.26. The van der Waals surface area contributed by atoms with Crippen LogP contribution in [0.3, 0.4) is 0 Å². The minimum atomic E-state index is 0.0505. The molecule has 1 nitrogen and oxygen atoms in total. The Labute approximate surface area is 131 Å². The molecule has 0 spiro atoms. The van der Waals surface area contributed by atoms with E-state index in [1.165, 1.54) is 36.2 Å². The maximum atomic E-state index is 4.44. The van der Waals surface area contributed by atoms with Gasteiger partial charge in [-0.3, -0.25) is 0 Å². The van der Waals surface area contributed by atoms with Crippen LogP contribution >= 0.6 is 0 Å². The average Bonchev–Trinajstić information content (AvgIpc) is 2.69. The molecule has 21 heavy (non-hydrogen) atoms. The summed E-state index contributed by atoms with van der Waals surface area (Å²) < 4.78 is 0. The molecule has 0 aromatic carbocycles. The highest BCUT2D eigenvalue weighted by atomic mass is 15.2. The Bertz CT molecular complexity index is 498. The maximum absolute atomic E-state index is 4.44. The molecular formula is C20H31N. The molecule has 0 bridgehead atoms. The third kappa shape index (κ3) is 2.64. The molecule has 0 radical (unpaired) electrons. The van der Waals surface area contributed by atoms with Crippen LogP contribution in [0.15, 0.2) is 42.4 Å². The molecule has 0 amide bonds. The Morgan fingerprint density at radius 2 is 1.90 bits per heavy atom. The van der Waals surface area contributed by atoms with E-state index in [2.05, 4.69) is 65.0 Å². The van der Waals surface area contributed by atoms with Crippen LogP contribution in [0.1, 0.15) is 53.9 Å². The number of hydrogen-bond acceptors (Lipinski definition) is 1. The molecule has 1 saturated heterocycles. The Hall–Kier alpha value is -1.20. The van der Waals surface area contributed by atoms with Gasteiger partial charge in [-0.25, -0.2) is 0 Å². The first kappa shape index (κ1) is 16.2. The van der Waals surface area contributed by atoms with Gasteiger partial charge in [0.25, 0.3) is 0 Å². The lowest BCUT2D eigenvalue weighted by Crippen LogP contribution is -2.37. The fourth-order valence-electron chi connectivity index (χ4n) is 4.50. The Morgan fingerprint density at radius 1 is 1.29 bits per heavy atom. The summed E-state index contributed by atoms with van der Waals surface area (Å²) in [7, 11) is 0. The fraction of sp³-hybridized carbons (Fsp3) is 0.650. The predicted molar refractivity (Wildman–Crippen MR) is 91.7 cm³/mol. The van der Waals surface area contributed by atoms with Crippen molar-refractivity contribution in [2.75, 3.05) is 0 Å². The van der Waals surface area contributed by atoms with Crippen LogP contribution in [0.5, 0.6) is 0 Å². The zero-order chi connectivity index (χ0) is 15.9. The molecular weight excluding hydrogens is 254 g/mol. The van der Waals surface area contributed by atoms with Crippen molar-refractivity contribution in [1.82, 2.24) is 4.90 Å². The van der Waals surface area contributed by atoms with E-state index in [1.54, 1.807) is 0 Å². The monoisotopic (exact) mass is 285 g/mol. The van der Waals surface area contributed by atoms with E-state index in [0.717, 1.165) is 5.92 Å². The van der Waals surface area contributed by atoms with Crippen molar-refractivity contribution in [3.05, 3.63) is 42.4 Å². The highest BCUT2D eigenvalue weighted by Gasteiger charge is 2.49. The summed E-state index contributed by atoms with van der Waals surface area (Å²) in [5.74, 6) is 2.46. The lowest BCUT2D eigenvalue weighted by molar-refractivity contribution is 0.185. The van der Waals surface area contributed by atoms with Crippen molar-refractivity contribution in [3.63, 3.8) is 0 Å². The second-order valence-electron chi connectivity index (χ2n) is 7.87. The molecule has 1 aliphatic heterocycles. The molecule has 0 aromatic heterocycles. The summed E-state index contributed by atoms with van der Waals surface area (Å²) in [6.45, 7) is 23.9. The van der Waals surface area contributed by atoms with Crippen molar-refractivity contribution >= 4 is 0 Å². The standard InChI is InChI=1S/C20H31N/c1-9-15-11-17-14(5)21(20(6,7)8)19(10-2)18(17)12-16(15)13(3)4/h15-18H,2-3,5,9,11-12H2,1,4,6-8H3.